The van der Waals surface area contributed by atoms with Gasteiger partial charge in [0.05, 0.1) is 23.2 Å². The largest absolute Gasteiger partial charge is 0.346 e. The average molecular weight is 430 g/mol. The third-order valence-electron chi connectivity index (χ3n) is 6.39. The summed E-state index contributed by atoms with van der Waals surface area (Å²) in [6.07, 6.45) is 9.17. The molecule has 2 fully saturated rings. The SMILES string of the molecule is CC(C)S(=O)(=O)N1CCC(N2CC(n3cc(-c4ncnc5[nH]ccc45)cn3)C2)CC1. The van der Waals surface area contributed by atoms with Crippen molar-refractivity contribution in [3.05, 3.63) is 31.0 Å². The standard InChI is InChI=1S/C20H27N7O2S/c1-14(2)30(28,29)26-7-4-16(5-8-26)25-11-17(12-25)27-10-15(9-24-27)19-18-3-6-21-20(18)23-13-22-19/h3,6,9-10,13-14,16-17H,4-5,7-8,11-12H2,1-2H3,(H,21,22,23). The van der Waals surface area contributed by atoms with Crippen molar-refractivity contribution in [1.82, 2.24) is 33.9 Å². The van der Waals surface area contributed by atoms with E-state index < -0.39 is 10.0 Å². The minimum atomic E-state index is -3.14. The van der Waals surface area contributed by atoms with Crippen molar-refractivity contribution in [2.24, 2.45) is 0 Å². The van der Waals surface area contributed by atoms with Gasteiger partial charge in [-0.2, -0.15) is 5.10 Å². The van der Waals surface area contributed by atoms with Crippen LogP contribution in [0.1, 0.15) is 32.7 Å². The van der Waals surface area contributed by atoms with Gasteiger partial charge < -0.3 is 4.98 Å². The van der Waals surface area contributed by atoms with Crippen LogP contribution in [0.25, 0.3) is 22.3 Å². The number of rotatable bonds is 5. The monoisotopic (exact) mass is 429 g/mol. The van der Waals surface area contributed by atoms with Gasteiger partial charge in [0.2, 0.25) is 10.0 Å². The summed E-state index contributed by atoms with van der Waals surface area (Å²) in [6.45, 7) is 6.65. The van der Waals surface area contributed by atoms with Crippen LogP contribution >= 0.6 is 0 Å². The molecule has 30 heavy (non-hydrogen) atoms. The summed E-state index contributed by atoms with van der Waals surface area (Å²) in [5.74, 6) is 0. The van der Waals surface area contributed by atoms with Crippen molar-refractivity contribution in [3.8, 4) is 11.3 Å². The molecule has 1 N–H and O–H groups in total. The molecule has 0 radical (unpaired) electrons. The summed E-state index contributed by atoms with van der Waals surface area (Å²) in [4.78, 5) is 14.3. The third-order valence-corrected chi connectivity index (χ3v) is 8.67. The maximum atomic E-state index is 12.4. The second-order valence-electron chi connectivity index (χ2n) is 8.50. The van der Waals surface area contributed by atoms with Crippen LogP contribution in [0.5, 0.6) is 0 Å². The zero-order valence-corrected chi connectivity index (χ0v) is 18.1. The third kappa shape index (κ3) is 3.32. The first-order chi connectivity index (χ1) is 14.4. The average Bonchev–Trinajstić information content (AvgIpc) is 3.36. The van der Waals surface area contributed by atoms with Gasteiger partial charge in [-0.1, -0.05) is 0 Å². The lowest BCUT2D eigenvalue weighted by Crippen LogP contribution is -2.56. The van der Waals surface area contributed by atoms with Crippen LogP contribution in [0.15, 0.2) is 31.0 Å². The molecule has 2 saturated heterocycles. The summed E-state index contributed by atoms with van der Waals surface area (Å²) < 4.78 is 28.4. The first-order valence-corrected chi connectivity index (χ1v) is 12.0. The molecular weight excluding hydrogens is 402 g/mol. The van der Waals surface area contributed by atoms with E-state index in [1.54, 1.807) is 24.5 Å². The van der Waals surface area contributed by atoms with E-state index in [4.69, 9.17) is 0 Å². The molecule has 0 bridgehead atoms. The molecule has 0 aromatic carbocycles. The van der Waals surface area contributed by atoms with Gasteiger partial charge >= 0.3 is 0 Å². The Morgan fingerprint density at radius 3 is 2.63 bits per heavy atom. The Hall–Kier alpha value is -2.30. The normalized spacial score (nSPS) is 20.2. The number of hydrogen-bond donors (Lipinski definition) is 1. The Kier molecular flexibility index (Phi) is 4.87. The number of likely N-dealkylation sites (tertiary alicyclic amines) is 1. The molecule has 0 saturated carbocycles. The van der Waals surface area contributed by atoms with E-state index in [1.807, 2.05) is 23.1 Å². The summed E-state index contributed by atoms with van der Waals surface area (Å²) in [7, 11) is -3.14. The highest BCUT2D eigenvalue weighted by atomic mass is 32.2. The Labute approximate surface area is 176 Å². The van der Waals surface area contributed by atoms with Crippen molar-refractivity contribution < 1.29 is 8.42 Å². The molecule has 9 nitrogen and oxygen atoms in total. The number of sulfonamides is 1. The number of fused-ring (bicyclic) bond motifs is 1. The number of piperidine rings is 1. The van der Waals surface area contributed by atoms with Crippen LogP contribution in [-0.2, 0) is 10.0 Å². The molecule has 10 heteroatoms. The second kappa shape index (κ2) is 7.44. The predicted octanol–water partition coefficient (Wildman–Crippen LogP) is 1.88. The zero-order chi connectivity index (χ0) is 20.9. The molecule has 2 aliphatic heterocycles. The van der Waals surface area contributed by atoms with E-state index in [1.165, 1.54) is 0 Å². The number of nitrogens with one attached hydrogen (secondary N) is 1. The van der Waals surface area contributed by atoms with Crippen LogP contribution in [0.3, 0.4) is 0 Å². The highest BCUT2D eigenvalue weighted by molar-refractivity contribution is 7.89. The van der Waals surface area contributed by atoms with Crippen LogP contribution in [-0.4, -0.2) is 79.8 Å². The zero-order valence-electron chi connectivity index (χ0n) is 17.3. The minimum absolute atomic E-state index is 0.347. The fourth-order valence-electron chi connectivity index (χ4n) is 4.48. The number of nitrogens with zero attached hydrogens (tertiary/aromatic N) is 6. The van der Waals surface area contributed by atoms with Crippen molar-refractivity contribution >= 4 is 21.1 Å². The highest BCUT2D eigenvalue weighted by Gasteiger charge is 2.38. The fraction of sp³-hybridized carbons (Fsp3) is 0.550. The van der Waals surface area contributed by atoms with Crippen LogP contribution < -0.4 is 0 Å². The molecule has 5 rings (SSSR count). The predicted molar refractivity (Wildman–Crippen MR) is 114 cm³/mol. The summed E-state index contributed by atoms with van der Waals surface area (Å²) >= 11 is 0. The van der Waals surface area contributed by atoms with Crippen LogP contribution in [0.4, 0.5) is 0 Å². The summed E-state index contributed by atoms with van der Waals surface area (Å²) in [5, 5.41) is 5.23. The van der Waals surface area contributed by atoms with E-state index >= 15 is 0 Å². The first kappa shape index (κ1) is 19.7. The smallest absolute Gasteiger partial charge is 0.216 e. The quantitative estimate of drug-likeness (QED) is 0.665. The topological polar surface area (TPSA) is 100 Å². The van der Waals surface area contributed by atoms with Gasteiger partial charge in [-0.15, -0.1) is 0 Å². The maximum Gasteiger partial charge on any atom is 0.216 e. The van der Waals surface area contributed by atoms with Gasteiger partial charge in [-0.3, -0.25) is 9.58 Å². The highest BCUT2D eigenvalue weighted by Crippen LogP contribution is 2.31. The summed E-state index contributed by atoms with van der Waals surface area (Å²) in [6, 6.07) is 2.79. The van der Waals surface area contributed by atoms with E-state index in [0.29, 0.717) is 25.2 Å². The molecule has 2 aliphatic rings. The van der Waals surface area contributed by atoms with E-state index in [-0.39, 0.29) is 5.25 Å². The van der Waals surface area contributed by atoms with Gasteiger partial charge in [0, 0.05) is 55.6 Å². The molecule has 0 aliphatic carbocycles. The van der Waals surface area contributed by atoms with Crippen LogP contribution in [0.2, 0.25) is 0 Å². The van der Waals surface area contributed by atoms with Crippen molar-refractivity contribution in [2.45, 2.75) is 44.0 Å². The lowest BCUT2D eigenvalue weighted by Gasteiger charge is -2.47. The van der Waals surface area contributed by atoms with E-state index in [0.717, 1.165) is 48.2 Å². The lowest BCUT2D eigenvalue weighted by atomic mass is 9.98. The first-order valence-electron chi connectivity index (χ1n) is 10.5. The number of aromatic amines is 1. The molecule has 3 aromatic rings. The summed E-state index contributed by atoms with van der Waals surface area (Å²) in [5.41, 5.74) is 2.71. The van der Waals surface area contributed by atoms with Crippen molar-refractivity contribution in [1.29, 1.82) is 0 Å². The minimum Gasteiger partial charge on any atom is -0.346 e. The lowest BCUT2D eigenvalue weighted by molar-refractivity contribution is 0.0307. The number of H-pyrrole nitrogens is 1. The molecule has 0 amide bonds. The number of aromatic nitrogens is 5. The maximum absolute atomic E-state index is 12.4. The van der Waals surface area contributed by atoms with Gasteiger partial charge in [0.1, 0.15) is 12.0 Å². The fourth-order valence-corrected chi connectivity index (χ4v) is 5.79. The molecule has 3 aromatic heterocycles. The molecule has 5 heterocycles. The Morgan fingerprint density at radius 1 is 1.13 bits per heavy atom. The van der Waals surface area contributed by atoms with Crippen LogP contribution in [0, 0.1) is 0 Å². The van der Waals surface area contributed by atoms with E-state index in [9.17, 15) is 8.42 Å². The molecule has 0 spiro atoms. The van der Waals surface area contributed by atoms with Gasteiger partial charge in [-0.25, -0.2) is 22.7 Å². The number of hydrogen-bond acceptors (Lipinski definition) is 6. The molecule has 0 atom stereocenters. The van der Waals surface area contributed by atoms with Crippen molar-refractivity contribution in [3.63, 3.8) is 0 Å². The van der Waals surface area contributed by atoms with Gasteiger partial charge in [-0.05, 0) is 32.8 Å². The Bertz CT molecular complexity index is 1140. The second-order valence-corrected chi connectivity index (χ2v) is 11.0. The van der Waals surface area contributed by atoms with Gasteiger partial charge in [0.15, 0.2) is 0 Å². The molecule has 0 unspecified atom stereocenters. The Balaban J connectivity index is 1.20. The Morgan fingerprint density at radius 2 is 1.90 bits per heavy atom. The molecular formula is C20H27N7O2S. The van der Waals surface area contributed by atoms with Gasteiger partial charge in [0.25, 0.3) is 0 Å². The van der Waals surface area contributed by atoms with E-state index in [2.05, 4.69) is 31.1 Å². The van der Waals surface area contributed by atoms with Crippen molar-refractivity contribution in [2.75, 3.05) is 26.2 Å². The molecule has 160 valence electrons.